The smallest absolute Gasteiger partial charge is 0.326 e. The molecule has 31 heavy (non-hydrogen) atoms. The molecule has 0 radical (unpaired) electrons. The summed E-state index contributed by atoms with van der Waals surface area (Å²) in [6.45, 7) is -0.720. The van der Waals surface area contributed by atoms with Crippen LogP contribution < -0.4 is 27.4 Å². The molecule has 0 heterocycles. The van der Waals surface area contributed by atoms with Gasteiger partial charge in [0.05, 0.1) is 6.61 Å². The lowest BCUT2D eigenvalue weighted by molar-refractivity contribution is -0.142. The summed E-state index contributed by atoms with van der Waals surface area (Å²) in [6.07, 6.45) is -1.43. The minimum Gasteiger partial charge on any atom is -0.481 e. The van der Waals surface area contributed by atoms with E-state index >= 15 is 0 Å². The number of hydrogen-bond donors (Lipinski definition) is 9. The molecule has 0 spiro atoms. The van der Waals surface area contributed by atoms with E-state index in [9.17, 15) is 28.8 Å². The SMILES string of the molecule is NC(=O)CCC(NC(=O)C(CS)NC(=O)C(CCC(=O)O)NC(=O)C(N)CO)C(=O)O. The van der Waals surface area contributed by atoms with E-state index in [1.807, 2.05) is 0 Å². The zero-order valence-corrected chi connectivity index (χ0v) is 17.3. The highest BCUT2D eigenvalue weighted by atomic mass is 32.1. The quantitative estimate of drug-likeness (QED) is 0.106. The van der Waals surface area contributed by atoms with Crippen molar-refractivity contribution in [1.29, 1.82) is 0 Å². The third-order valence-corrected chi connectivity index (χ3v) is 4.29. The number of carbonyl (C=O) groups excluding carboxylic acids is 4. The Bertz CT molecular complexity index is 690. The van der Waals surface area contributed by atoms with Gasteiger partial charge in [0.1, 0.15) is 24.2 Å². The summed E-state index contributed by atoms with van der Waals surface area (Å²) in [4.78, 5) is 69.6. The molecule has 0 aliphatic heterocycles. The average molecular weight is 465 g/mol. The largest absolute Gasteiger partial charge is 0.481 e. The van der Waals surface area contributed by atoms with Crippen LogP contribution in [0.25, 0.3) is 0 Å². The number of nitrogens with two attached hydrogens (primary N) is 2. The van der Waals surface area contributed by atoms with Gasteiger partial charge in [-0.2, -0.15) is 12.6 Å². The maximum atomic E-state index is 12.5. The molecule has 4 unspecified atom stereocenters. The predicted molar refractivity (Wildman–Crippen MR) is 108 cm³/mol. The average Bonchev–Trinajstić information content (AvgIpc) is 2.70. The first-order valence-electron chi connectivity index (χ1n) is 9.04. The second kappa shape index (κ2) is 14.2. The second-order valence-electron chi connectivity index (χ2n) is 6.43. The van der Waals surface area contributed by atoms with Crippen molar-refractivity contribution in [3.63, 3.8) is 0 Å². The highest BCUT2D eigenvalue weighted by molar-refractivity contribution is 7.80. The first kappa shape index (κ1) is 28.1. The van der Waals surface area contributed by atoms with E-state index in [0.717, 1.165) is 0 Å². The van der Waals surface area contributed by atoms with Crippen molar-refractivity contribution in [2.24, 2.45) is 11.5 Å². The molecule has 0 fully saturated rings. The summed E-state index contributed by atoms with van der Waals surface area (Å²) in [5.74, 6) is -6.51. The van der Waals surface area contributed by atoms with E-state index in [4.69, 9.17) is 26.8 Å². The number of carbonyl (C=O) groups is 6. The number of nitrogens with one attached hydrogen (secondary N) is 3. The van der Waals surface area contributed by atoms with E-state index in [2.05, 4.69) is 28.6 Å². The van der Waals surface area contributed by atoms with Crippen molar-refractivity contribution in [1.82, 2.24) is 16.0 Å². The van der Waals surface area contributed by atoms with E-state index in [1.54, 1.807) is 0 Å². The fourth-order valence-electron chi connectivity index (χ4n) is 2.18. The third-order valence-electron chi connectivity index (χ3n) is 3.92. The fourth-order valence-corrected chi connectivity index (χ4v) is 2.44. The second-order valence-corrected chi connectivity index (χ2v) is 6.80. The minimum atomic E-state index is -1.45. The van der Waals surface area contributed by atoms with E-state index in [-0.39, 0.29) is 25.0 Å². The molecular formula is C16H27N5O9S. The lowest BCUT2D eigenvalue weighted by atomic mass is 10.1. The highest BCUT2D eigenvalue weighted by Gasteiger charge is 2.30. The molecule has 0 saturated carbocycles. The van der Waals surface area contributed by atoms with Crippen molar-refractivity contribution >= 4 is 48.2 Å². The van der Waals surface area contributed by atoms with Gasteiger partial charge >= 0.3 is 11.9 Å². The number of carboxylic acids is 2. The van der Waals surface area contributed by atoms with Crippen LogP contribution in [0.2, 0.25) is 0 Å². The lowest BCUT2D eigenvalue weighted by Crippen LogP contribution is -2.58. The van der Waals surface area contributed by atoms with Crippen LogP contribution in [0.4, 0.5) is 0 Å². The molecule has 176 valence electrons. The molecule has 0 rings (SSSR count). The Morgan fingerprint density at radius 1 is 0.806 bits per heavy atom. The minimum absolute atomic E-state index is 0.268. The monoisotopic (exact) mass is 465 g/mol. The maximum Gasteiger partial charge on any atom is 0.326 e. The molecule has 0 bridgehead atoms. The molecule has 0 aromatic rings. The maximum absolute atomic E-state index is 12.5. The summed E-state index contributed by atoms with van der Waals surface area (Å²) >= 11 is 3.93. The van der Waals surface area contributed by atoms with Crippen LogP contribution >= 0.6 is 12.6 Å². The van der Waals surface area contributed by atoms with Gasteiger partial charge in [-0.3, -0.25) is 24.0 Å². The summed E-state index contributed by atoms with van der Waals surface area (Å²) in [5.41, 5.74) is 10.3. The van der Waals surface area contributed by atoms with E-state index < -0.39 is 72.8 Å². The number of aliphatic hydroxyl groups excluding tert-OH is 1. The fraction of sp³-hybridized carbons (Fsp3) is 0.625. The molecule has 0 saturated heterocycles. The Morgan fingerprint density at radius 2 is 1.29 bits per heavy atom. The summed E-state index contributed by atoms with van der Waals surface area (Å²) in [6, 6.07) is -5.56. The van der Waals surface area contributed by atoms with Crippen molar-refractivity contribution < 1.29 is 44.1 Å². The highest BCUT2D eigenvalue weighted by Crippen LogP contribution is 2.03. The molecule has 0 aliphatic carbocycles. The van der Waals surface area contributed by atoms with Crippen molar-refractivity contribution in [2.75, 3.05) is 12.4 Å². The normalized spacial score (nSPS) is 14.4. The van der Waals surface area contributed by atoms with Gasteiger partial charge in [-0.25, -0.2) is 4.79 Å². The first-order valence-corrected chi connectivity index (χ1v) is 9.67. The molecular weight excluding hydrogens is 438 g/mol. The van der Waals surface area contributed by atoms with Crippen LogP contribution in [-0.4, -0.2) is 87.4 Å². The Hall–Kier alpha value is -2.91. The summed E-state index contributed by atoms with van der Waals surface area (Å²) in [5, 5.41) is 33.4. The van der Waals surface area contributed by atoms with E-state index in [1.165, 1.54) is 0 Å². The van der Waals surface area contributed by atoms with Crippen LogP contribution in [0, 0.1) is 0 Å². The van der Waals surface area contributed by atoms with Gasteiger partial charge in [-0.05, 0) is 12.8 Å². The number of rotatable bonds is 15. The third kappa shape index (κ3) is 11.2. The zero-order chi connectivity index (χ0) is 24.1. The number of aliphatic carboxylic acids is 2. The van der Waals surface area contributed by atoms with Crippen LogP contribution in [0.5, 0.6) is 0 Å². The molecule has 0 aromatic heterocycles. The standard InChI is InChI=1S/C16H27N5O9S/c17-7(5-22)13(26)19-8(2-4-12(24)25)14(27)21-10(6-31)15(28)20-9(16(29)30)1-3-11(18)23/h7-10,22,31H,1-6,17H2,(H2,18,23)(H,19,26)(H,20,28)(H,21,27)(H,24,25)(H,29,30). The van der Waals surface area contributed by atoms with Gasteiger partial charge in [0.2, 0.25) is 23.6 Å². The number of amides is 4. The van der Waals surface area contributed by atoms with Crippen molar-refractivity contribution in [3.05, 3.63) is 0 Å². The molecule has 0 aromatic carbocycles. The molecule has 14 nitrogen and oxygen atoms in total. The molecule has 10 N–H and O–H groups in total. The Labute approximate surface area is 182 Å². The number of hydrogen-bond acceptors (Lipinski definition) is 9. The topological polar surface area (TPSA) is 251 Å². The zero-order valence-electron chi connectivity index (χ0n) is 16.4. The van der Waals surface area contributed by atoms with Gasteiger partial charge < -0.3 is 42.7 Å². The number of primary amides is 1. The van der Waals surface area contributed by atoms with Crippen molar-refractivity contribution in [3.8, 4) is 0 Å². The Balaban J connectivity index is 5.23. The first-order chi connectivity index (χ1) is 14.4. The predicted octanol–water partition coefficient (Wildman–Crippen LogP) is -4.09. The van der Waals surface area contributed by atoms with Crippen LogP contribution in [0.15, 0.2) is 0 Å². The van der Waals surface area contributed by atoms with Gasteiger partial charge in [0.15, 0.2) is 0 Å². The van der Waals surface area contributed by atoms with E-state index in [0.29, 0.717) is 0 Å². The van der Waals surface area contributed by atoms with Gasteiger partial charge in [0, 0.05) is 18.6 Å². The van der Waals surface area contributed by atoms with Gasteiger partial charge in [-0.15, -0.1) is 0 Å². The van der Waals surface area contributed by atoms with Crippen molar-refractivity contribution in [2.45, 2.75) is 49.9 Å². The molecule has 4 atom stereocenters. The number of carboxylic acid groups (broad SMARTS) is 2. The van der Waals surface area contributed by atoms with Crippen LogP contribution in [0.1, 0.15) is 25.7 Å². The number of thiol groups is 1. The Kier molecular flexibility index (Phi) is 12.8. The van der Waals surface area contributed by atoms with Gasteiger partial charge in [0.25, 0.3) is 0 Å². The summed E-state index contributed by atoms with van der Waals surface area (Å²) in [7, 11) is 0. The molecule has 0 aliphatic rings. The number of aliphatic hydroxyl groups is 1. The molecule has 15 heteroatoms. The van der Waals surface area contributed by atoms with Crippen LogP contribution in [-0.2, 0) is 28.8 Å². The van der Waals surface area contributed by atoms with Crippen LogP contribution in [0.3, 0.4) is 0 Å². The Morgan fingerprint density at radius 3 is 1.74 bits per heavy atom. The lowest BCUT2D eigenvalue weighted by Gasteiger charge is -2.24. The van der Waals surface area contributed by atoms with Gasteiger partial charge in [-0.1, -0.05) is 0 Å². The summed E-state index contributed by atoms with van der Waals surface area (Å²) < 4.78 is 0. The molecule has 4 amide bonds.